The Kier molecular flexibility index (Phi) is 4.42. The minimum atomic E-state index is -0.350. The summed E-state index contributed by atoms with van der Waals surface area (Å²) in [5, 5.41) is 3.77. The van der Waals surface area contributed by atoms with Crippen molar-refractivity contribution in [3.63, 3.8) is 0 Å². The maximum Gasteiger partial charge on any atom is 0.308 e. The van der Waals surface area contributed by atoms with Gasteiger partial charge in [0.1, 0.15) is 0 Å². The minimum absolute atomic E-state index is 0.180. The van der Waals surface area contributed by atoms with Gasteiger partial charge >= 0.3 is 5.97 Å². The predicted octanol–water partition coefficient (Wildman–Crippen LogP) is 5.06. The Labute approximate surface area is 160 Å². The second-order valence-corrected chi connectivity index (χ2v) is 7.52. The molecule has 3 atom stereocenters. The van der Waals surface area contributed by atoms with E-state index in [1.807, 2.05) is 18.2 Å². The summed E-state index contributed by atoms with van der Waals surface area (Å²) in [5.74, 6) is 1.57. The van der Waals surface area contributed by atoms with Gasteiger partial charge < -0.3 is 14.8 Å². The van der Waals surface area contributed by atoms with Crippen LogP contribution < -0.4 is 14.8 Å². The zero-order valence-electron chi connectivity index (χ0n) is 16.2. The molecule has 0 saturated carbocycles. The lowest BCUT2D eigenvalue weighted by molar-refractivity contribution is -0.132. The number of aryl methyl sites for hydroxylation is 2. The monoisotopic (exact) mass is 363 g/mol. The Bertz CT molecular complexity index is 931. The molecule has 0 aromatic heterocycles. The fourth-order valence-electron chi connectivity index (χ4n) is 4.59. The van der Waals surface area contributed by atoms with Gasteiger partial charge in [-0.2, -0.15) is 0 Å². The fourth-order valence-corrected chi connectivity index (χ4v) is 4.59. The number of esters is 1. The molecule has 140 valence electrons. The highest BCUT2D eigenvalue weighted by atomic mass is 16.6. The van der Waals surface area contributed by atoms with Crippen LogP contribution in [0.15, 0.2) is 42.5 Å². The third-order valence-corrected chi connectivity index (χ3v) is 5.62. The zero-order chi connectivity index (χ0) is 19.1. The third-order valence-electron chi connectivity index (χ3n) is 5.62. The van der Waals surface area contributed by atoms with E-state index in [9.17, 15) is 4.79 Å². The lowest BCUT2D eigenvalue weighted by Crippen LogP contribution is -2.29. The van der Waals surface area contributed by atoms with Crippen molar-refractivity contribution in [1.82, 2.24) is 0 Å². The Balaban J connectivity index is 1.75. The van der Waals surface area contributed by atoms with Crippen molar-refractivity contribution in [1.29, 1.82) is 0 Å². The van der Waals surface area contributed by atoms with E-state index in [0.717, 1.165) is 12.0 Å². The molecule has 27 heavy (non-hydrogen) atoms. The maximum atomic E-state index is 11.3. The average molecular weight is 363 g/mol. The van der Waals surface area contributed by atoms with E-state index >= 15 is 0 Å². The normalized spacial score (nSPS) is 22.6. The molecular weight excluding hydrogens is 338 g/mol. The van der Waals surface area contributed by atoms with Crippen molar-refractivity contribution in [3.05, 3.63) is 64.7 Å². The van der Waals surface area contributed by atoms with Crippen molar-refractivity contribution in [2.75, 3.05) is 12.4 Å². The summed E-state index contributed by atoms with van der Waals surface area (Å²) >= 11 is 0. The van der Waals surface area contributed by atoms with Crippen molar-refractivity contribution in [3.8, 4) is 11.5 Å². The van der Waals surface area contributed by atoms with E-state index in [1.165, 1.54) is 29.3 Å². The molecular formula is C23H25NO3. The number of carbonyl (C=O) groups is 1. The van der Waals surface area contributed by atoms with Gasteiger partial charge in [-0.3, -0.25) is 4.79 Å². The molecule has 1 aliphatic heterocycles. The summed E-state index contributed by atoms with van der Waals surface area (Å²) in [4.78, 5) is 11.3. The first-order valence-corrected chi connectivity index (χ1v) is 9.38. The molecule has 2 aliphatic rings. The van der Waals surface area contributed by atoms with Crippen molar-refractivity contribution >= 4 is 11.7 Å². The Hall–Kier alpha value is -2.75. The van der Waals surface area contributed by atoms with Gasteiger partial charge in [-0.25, -0.2) is 0 Å². The van der Waals surface area contributed by atoms with Crippen LogP contribution in [0.3, 0.4) is 0 Å². The van der Waals surface area contributed by atoms with Crippen molar-refractivity contribution in [2.24, 2.45) is 5.92 Å². The first-order valence-electron chi connectivity index (χ1n) is 9.38. The van der Waals surface area contributed by atoms with E-state index in [1.54, 1.807) is 7.11 Å². The van der Waals surface area contributed by atoms with Crippen LogP contribution in [0.4, 0.5) is 5.69 Å². The largest absolute Gasteiger partial charge is 0.493 e. The van der Waals surface area contributed by atoms with Gasteiger partial charge in [0.15, 0.2) is 11.5 Å². The Morgan fingerprint density at radius 1 is 1.15 bits per heavy atom. The molecule has 4 rings (SSSR count). The summed E-state index contributed by atoms with van der Waals surface area (Å²) in [6, 6.07) is 10.5. The quantitative estimate of drug-likeness (QED) is 0.470. The zero-order valence-corrected chi connectivity index (χ0v) is 16.2. The molecule has 2 aromatic carbocycles. The lowest BCUT2D eigenvalue weighted by Gasteiger charge is -2.38. The minimum Gasteiger partial charge on any atom is -0.493 e. The van der Waals surface area contributed by atoms with Crippen LogP contribution >= 0.6 is 0 Å². The molecule has 0 amide bonds. The van der Waals surface area contributed by atoms with E-state index < -0.39 is 0 Å². The number of hydrogen-bond acceptors (Lipinski definition) is 4. The van der Waals surface area contributed by atoms with Gasteiger partial charge in [-0.1, -0.05) is 24.3 Å². The van der Waals surface area contributed by atoms with Crippen LogP contribution in [0, 0.1) is 19.8 Å². The predicted molar refractivity (Wildman–Crippen MR) is 107 cm³/mol. The molecule has 0 radical (unpaired) electrons. The second-order valence-electron chi connectivity index (χ2n) is 7.52. The van der Waals surface area contributed by atoms with Gasteiger partial charge in [-0.05, 0) is 66.6 Å². The second kappa shape index (κ2) is 6.76. The smallest absolute Gasteiger partial charge is 0.308 e. The highest BCUT2D eigenvalue weighted by Crippen LogP contribution is 2.51. The number of hydrogen-bond donors (Lipinski definition) is 1. The number of rotatable bonds is 3. The van der Waals surface area contributed by atoms with Gasteiger partial charge in [0.2, 0.25) is 0 Å². The molecule has 4 heteroatoms. The SMILES string of the molecule is COc1cc(C2Nc3cc(C)cc(C)c3C3C=CCC32)ccc1OC(C)=O. The van der Waals surface area contributed by atoms with Crippen molar-refractivity contribution < 1.29 is 14.3 Å². The lowest BCUT2D eigenvalue weighted by atomic mass is 9.75. The standard InChI is InChI=1S/C23H25NO3/c1-13-10-14(2)22-17-6-5-7-18(17)23(24-19(22)11-13)16-8-9-20(27-15(3)25)21(12-16)26-4/h5-6,8-12,17-18,23-24H,7H2,1-4H3. The fraction of sp³-hybridized carbons (Fsp3) is 0.348. The Morgan fingerprint density at radius 3 is 2.70 bits per heavy atom. The molecule has 1 heterocycles. The number of fused-ring (bicyclic) bond motifs is 3. The number of anilines is 1. The van der Waals surface area contributed by atoms with E-state index in [-0.39, 0.29) is 12.0 Å². The first kappa shape index (κ1) is 17.7. The first-order chi connectivity index (χ1) is 13.0. The highest BCUT2D eigenvalue weighted by Gasteiger charge is 2.39. The van der Waals surface area contributed by atoms with Crippen LogP contribution in [0.2, 0.25) is 0 Å². The summed E-state index contributed by atoms with van der Waals surface area (Å²) in [6.45, 7) is 5.73. The average Bonchev–Trinajstić information content (AvgIpc) is 3.09. The van der Waals surface area contributed by atoms with E-state index in [2.05, 4.69) is 43.4 Å². The van der Waals surface area contributed by atoms with Gasteiger partial charge in [0.25, 0.3) is 0 Å². The molecule has 1 aliphatic carbocycles. The molecule has 0 bridgehead atoms. The Morgan fingerprint density at radius 2 is 1.96 bits per heavy atom. The van der Waals surface area contributed by atoms with Gasteiger partial charge in [-0.15, -0.1) is 0 Å². The van der Waals surface area contributed by atoms with Crippen LogP contribution in [-0.2, 0) is 4.79 Å². The summed E-state index contributed by atoms with van der Waals surface area (Å²) in [5.41, 5.74) is 6.39. The number of ether oxygens (including phenoxy) is 2. The summed E-state index contributed by atoms with van der Waals surface area (Å²) in [6.07, 6.45) is 5.69. The number of methoxy groups -OCH3 is 1. The summed E-state index contributed by atoms with van der Waals surface area (Å²) in [7, 11) is 1.60. The van der Waals surface area contributed by atoms with Crippen LogP contribution in [0.5, 0.6) is 11.5 Å². The molecule has 0 saturated heterocycles. The number of benzene rings is 2. The summed E-state index contributed by atoms with van der Waals surface area (Å²) < 4.78 is 10.7. The highest BCUT2D eigenvalue weighted by molar-refractivity contribution is 5.70. The number of carbonyl (C=O) groups excluding carboxylic acids is 1. The van der Waals surface area contributed by atoms with Crippen molar-refractivity contribution in [2.45, 2.75) is 39.2 Å². The van der Waals surface area contributed by atoms with E-state index in [4.69, 9.17) is 9.47 Å². The molecule has 2 aromatic rings. The molecule has 0 fully saturated rings. The topological polar surface area (TPSA) is 47.6 Å². The number of nitrogens with one attached hydrogen (secondary N) is 1. The van der Waals surface area contributed by atoms with Crippen LogP contribution in [0.25, 0.3) is 0 Å². The van der Waals surface area contributed by atoms with Gasteiger partial charge in [0, 0.05) is 18.5 Å². The number of allylic oxidation sites excluding steroid dienone is 2. The molecule has 4 nitrogen and oxygen atoms in total. The van der Waals surface area contributed by atoms with E-state index in [0.29, 0.717) is 23.3 Å². The maximum absolute atomic E-state index is 11.3. The molecule has 3 unspecified atom stereocenters. The third kappa shape index (κ3) is 3.09. The van der Waals surface area contributed by atoms with Crippen LogP contribution in [-0.4, -0.2) is 13.1 Å². The van der Waals surface area contributed by atoms with Gasteiger partial charge in [0.05, 0.1) is 13.2 Å². The molecule has 1 N–H and O–H groups in total. The van der Waals surface area contributed by atoms with Crippen LogP contribution in [0.1, 0.15) is 47.6 Å². The molecule has 0 spiro atoms.